The van der Waals surface area contributed by atoms with Gasteiger partial charge in [0.2, 0.25) is 5.95 Å². The van der Waals surface area contributed by atoms with E-state index in [9.17, 15) is 28.8 Å². The van der Waals surface area contributed by atoms with Crippen LogP contribution >= 0.6 is 15.6 Å². The number of phosphoric acid groups is 2. The summed E-state index contributed by atoms with van der Waals surface area (Å²) in [4.78, 5) is 56.2. The van der Waals surface area contributed by atoms with Gasteiger partial charge < -0.3 is 35.7 Å². The van der Waals surface area contributed by atoms with Crippen LogP contribution in [0.2, 0.25) is 0 Å². The molecule has 1 saturated carbocycles. The maximum atomic E-state index is 13.1. The van der Waals surface area contributed by atoms with Crippen molar-refractivity contribution in [1.82, 2.24) is 39.0 Å². The number of aliphatic hydroxyl groups excluding tert-OH is 1. The number of phosphoric ester groups is 2. The van der Waals surface area contributed by atoms with Crippen LogP contribution in [0.3, 0.4) is 0 Å². The topological polar surface area (TPSA) is 300 Å². The van der Waals surface area contributed by atoms with E-state index in [0.29, 0.717) is 5.65 Å². The number of anilines is 2. The number of nitrogens with zero attached hydrogens (tertiary/aromatic N) is 7. The van der Waals surface area contributed by atoms with Gasteiger partial charge in [-0.2, -0.15) is 4.98 Å². The highest BCUT2D eigenvalue weighted by Crippen LogP contribution is 2.55. The number of ether oxygens (including phenoxy) is 1. The molecule has 23 heteroatoms. The predicted molar refractivity (Wildman–Crippen MR) is 145 cm³/mol. The molecule has 0 bridgehead atoms. The van der Waals surface area contributed by atoms with Gasteiger partial charge in [0.25, 0.3) is 5.56 Å². The molecular weight excluding hydrogens is 630 g/mol. The number of rotatable bonds is 2. The van der Waals surface area contributed by atoms with Crippen molar-refractivity contribution in [2.75, 3.05) is 24.7 Å². The minimum atomic E-state index is -4.87. The molecule has 7 rings (SSSR count). The van der Waals surface area contributed by atoms with E-state index in [4.69, 9.17) is 34.3 Å². The Balaban J connectivity index is 1.15. The Morgan fingerprint density at radius 3 is 2.45 bits per heavy atom. The van der Waals surface area contributed by atoms with Crippen molar-refractivity contribution in [3.05, 3.63) is 29.3 Å². The van der Waals surface area contributed by atoms with Crippen LogP contribution in [-0.4, -0.2) is 91.6 Å². The van der Waals surface area contributed by atoms with E-state index in [1.807, 2.05) is 0 Å². The Morgan fingerprint density at radius 2 is 1.64 bits per heavy atom. The maximum absolute atomic E-state index is 13.1. The largest absolute Gasteiger partial charge is 0.472 e. The first-order valence-corrected chi connectivity index (χ1v) is 16.2. The summed E-state index contributed by atoms with van der Waals surface area (Å²) in [5.41, 5.74) is 11.6. The zero-order valence-corrected chi connectivity index (χ0v) is 24.2. The fraction of sp³-hybridized carbons (Fsp3) is 0.524. The molecule has 0 aromatic carbocycles. The Hall–Kier alpha value is -3.36. The van der Waals surface area contributed by atoms with Crippen molar-refractivity contribution < 1.29 is 46.9 Å². The van der Waals surface area contributed by atoms with Gasteiger partial charge in [-0.15, -0.1) is 0 Å². The Bertz CT molecular complexity index is 1900. The average molecular weight is 656 g/mol. The number of hydrogen-bond donors (Lipinski definition) is 6. The fourth-order valence-corrected chi connectivity index (χ4v) is 7.82. The van der Waals surface area contributed by atoms with Crippen molar-refractivity contribution in [3.63, 3.8) is 0 Å². The molecule has 0 spiro atoms. The zero-order chi connectivity index (χ0) is 31.0. The number of aliphatic hydroxyl groups is 1. The van der Waals surface area contributed by atoms with E-state index in [-0.39, 0.29) is 41.3 Å². The van der Waals surface area contributed by atoms with E-state index < -0.39 is 77.0 Å². The van der Waals surface area contributed by atoms with Crippen LogP contribution in [0.25, 0.3) is 22.3 Å². The Labute approximate surface area is 245 Å². The van der Waals surface area contributed by atoms with Crippen LogP contribution in [0.1, 0.15) is 25.1 Å². The standard InChI is InChI=1S/C21H26N10O11P2/c22-17-13-18(25-5-24-17)30(6-26-13)9-1-8-3-38-43(34,35)41-10-2-12(31-7-27-14-19(31)28-21(23)29-20(14)33)40-11(10)4-39-44(36,37)42-16(8)15(9)32/h5-12,15-16,32H,1-4H2,(H,34,35)(H,36,37)(H2,22,24,25)(H3,23,28,29,33)/t8-,9-,10-,11-,12-,15-,16?/m1/s1. The molecule has 2 saturated heterocycles. The number of imidazole rings is 2. The highest BCUT2D eigenvalue weighted by Gasteiger charge is 2.51. The van der Waals surface area contributed by atoms with Crippen molar-refractivity contribution in [3.8, 4) is 0 Å². The zero-order valence-electron chi connectivity index (χ0n) is 22.4. The number of hydrogen-bond acceptors (Lipinski definition) is 16. The molecule has 0 amide bonds. The molecule has 9 atom stereocenters. The molecule has 44 heavy (non-hydrogen) atoms. The lowest BCUT2D eigenvalue weighted by Gasteiger charge is -2.28. The molecule has 4 aromatic rings. The molecule has 3 unspecified atom stereocenters. The average Bonchev–Trinajstić information content (AvgIpc) is 3.72. The molecule has 1 aliphatic carbocycles. The van der Waals surface area contributed by atoms with Crippen LogP contribution in [0.5, 0.6) is 0 Å². The summed E-state index contributed by atoms with van der Waals surface area (Å²) >= 11 is 0. The van der Waals surface area contributed by atoms with Gasteiger partial charge >= 0.3 is 15.6 Å². The van der Waals surface area contributed by atoms with Gasteiger partial charge in [-0.05, 0) is 6.42 Å². The van der Waals surface area contributed by atoms with E-state index in [1.54, 1.807) is 0 Å². The quantitative estimate of drug-likeness (QED) is 0.146. The van der Waals surface area contributed by atoms with E-state index in [0.717, 1.165) is 0 Å². The second kappa shape index (κ2) is 10.6. The summed E-state index contributed by atoms with van der Waals surface area (Å²) in [5.74, 6) is -0.938. The first kappa shape index (κ1) is 29.4. The highest BCUT2D eigenvalue weighted by atomic mass is 31.2. The minimum absolute atomic E-state index is 0.0294. The summed E-state index contributed by atoms with van der Waals surface area (Å²) in [6.07, 6.45) is -2.31. The maximum Gasteiger partial charge on any atom is 0.472 e. The number of nitrogens with one attached hydrogen (secondary N) is 1. The summed E-state index contributed by atoms with van der Waals surface area (Å²) in [6.45, 7) is -1.13. The minimum Gasteiger partial charge on any atom is -0.388 e. The number of nitrogens with two attached hydrogens (primary N) is 2. The van der Waals surface area contributed by atoms with Gasteiger partial charge in [0.05, 0.1) is 31.9 Å². The lowest BCUT2D eigenvalue weighted by Crippen LogP contribution is -2.34. The number of H-pyrrole nitrogens is 1. The van der Waals surface area contributed by atoms with Crippen molar-refractivity contribution in [2.24, 2.45) is 5.92 Å². The molecule has 8 N–H and O–H groups in total. The lowest BCUT2D eigenvalue weighted by molar-refractivity contribution is -0.0585. The van der Waals surface area contributed by atoms with Gasteiger partial charge in [-0.3, -0.25) is 32.4 Å². The predicted octanol–water partition coefficient (Wildman–Crippen LogP) is -0.649. The van der Waals surface area contributed by atoms with Gasteiger partial charge in [0.15, 0.2) is 22.6 Å². The molecule has 236 valence electrons. The lowest BCUT2D eigenvalue weighted by atomic mass is 10.1. The van der Waals surface area contributed by atoms with E-state index >= 15 is 0 Å². The van der Waals surface area contributed by atoms with Crippen LogP contribution < -0.4 is 17.0 Å². The number of fused-ring (bicyclic) bond motifs is 4. The summed E-state index contributed by atoms with van der Waals surface area (Å²) < 4.78 is 56.4. The van der Waals surface area contributed by atoms with Crippen LogP contribution in [0.15, 0.2) is 23.8 Å². The third-order valence-corrected chi connectivity index (χ3v) is 9.80. The molecule has 3 aliphatic rings. The number of nitrogen functional groups attached to an aromatic ring is 2. The number of aromatic nitrogens is 8. The van der Waals surface area contributed by atoms with E-state index in [1.165, 1.54) is 28.1 Å². The summed E-state index contributed by atoms with van der Waals surface area (Å²) in [5, 5.41) is 11.2. The first-order valence-electron chi connectivity index (χ1n) is 13.2. The summed E-state index contributed by atoms with van der Waals surface area (Å²) in [7, 11) is -9.64. The number of aromatic amines is 1. The van der Waals surface area contributed by atoms with Gasteiger partial charge in [-0.1, -0.05) is 0 Å². The highest BCUT2D eigenvalue weighted by molar-refractivity contribution is 7.47. The van der Waals surface area contributed by atoms with Gasteiger partial charge in [0.1, 0.15) is 42.5 Å². The van der Waals surface area contributed by atoms with Crippen molar-refractivity contribution in [1.29, 1.82) is 0 Å². The third-order valence-electron chi connectivity index (χ3n) is 7.80. The Morgan fingerprint density at radius 1 is 0.909 bits per heavy atom. The fourth-order valence-electron chi connectivity index (χ4n) is 5.81. The first-order chi connectivity index (χ1) is 20.9. The molecule has 3 fully saturated rings. The normalized spacial score (nSPS) is 36.6. The van der Waals surface area contributed by atoms with E-state index in [2.05, 4.69) is 29.9 Å². The molecule has 4 aromatic heterocycles. The van der Waals surface area contributed by atoms with Crippen molar-refractivity contribution in [2.45, 2.75) is 49.5 Å². The second-order valence-corrected chi connectivity index (χ2v) is 13.3. The molecular formula is C21H26N10O11P2. The Kier molecular flexibility index (Phi) is 7.09. The SMILES string of the molecule is Nc1nc2c(ncn2[C@H]2C[C@H]3OP(=O)(O)OC[C@H]4C[C@@H](n5cnc6c(N)ncnc65)[C@@H](O)C4OP(=O)(O)OC[C@H]3O2)c(=O)[nH]1. The smallest absolute Gasteiger partial charge is 0.388 e. The molecule has 6 heterocycles. The van der Waals surface area contributed by atoms with Crippen LogP contribution in [0.4, 0.5) is 11.8 Å². The van der Waals surface area contributed by atoms with Crippen LogP contribution in [0, 0.1) is 5.92 Å². The third kappa shape index (κ3) is 5.20. The van der Waals surface area contributed by atoms with Gasteiger partial charge in [-0.25, -0.2) is 29.1 Å². The van der Waals surface area contributed by atoms with Gasteiger partial charge in [0, 0.05) is 12.3 Å². The second-order valence-electron chi connectivity index (χ2n) is 10.5. The molecule has 0 radical (unpaired) electrons. The van der Waals surface area contributed by atoms with Crippen molar-refractivity contribution >= 4 is 49.7 Å². The summed E-state index contributed by atoms with van der Waals surface area (Å²) in [6, 6.07) is -0.805. The monoisotopic (exact) mass is 656 g/mol. The molecule has 2 aliphatic heterocycles. The van der Waals surface area contributed by atoms with Crippen LogP contribution in [-0.2, 0) is 32.0 Å². The molecule has 21 nitrogen and oxygen atoms in total.